The van der Waals surface area contributed by atoms with E-state index in [0.717, 1.165) is 5.56 Å². The molecular weight excluding hydrogens is 722 g/mol. The predicted octanol–water partition coefficient (Wildman–Crippen LogP) is 5.22. The summed E-state index contributed by atoms with van der Waals surface area (Å²) in [5, 5.41) is 14.4. The third-order valence-corrected chi connectivity index (χ3v) is 11.1. The first kappa shape index (κ1) is 39.9. The van der Waals surface area contributed by atoms with Gasteiger partial charge in [-0.15, -0.1) is 13.2 Å². The molecule has 2 N–H and O–H groups in total. The van der Waals surface area contributed by atoms with Crippen molar-refractivity contribution in [2.24, 2.45) is 11.8 Å². The Kier molecular flexibility index (Phi) is 12.9. The van der Waals surface area contributed by atoms with Gasteiger partial charge in [0.2, 0.25) is 11.8 Å². The second kappa shape index (κ2) is 17.8. The topological polar surface area (TPSA) is 135 Å². The molecule has 2 bridgehead atoms. The van der Waals surface area contributed by atoms with Gasteiger partial charge in [-0.2, -0.15) is 0 Å². The van der Waals surface area contributed by atoms with Crippen LogP contribution in [0.25, 0.3) is 0 Å². The molecule has 11 nitrogen and oxygen atoms in total. The lowest BCUT2D eigenvalue weighted by Gasteiger charge is -2.39. The normalized spacial score (nSPS) is 24.1. The number of aliphatic hydroxyl groups is 1. The lowest BCUT2D eigenvalue weighted by Crippen LogP contribution is -2.59. The number of nitrogens with zero attached hydrogens (tertiary/aromatic N) is 2. The van der Waals surface area contributed by atoms with Crippen molar-refractivity contribution in [2.45, 2.75) is 68.0 Å². The summed E-state index contributed by atoms with van der Waals surface area (Å²) in [6.07, 6.45) is 3.23. The van der Waals surface area contributed by atoms with E-state index in [1.807, 2.05) is 36.4 Å². The minimum absolute atomic E-state index is 0.0371. The highest BCUT2D eigenvalue weighted by atomic mass is 35.5. The Hall–Kier alpha value is -4.81. The smallest absolute Gasteiger partial charge is 0.313 e. The van der Waals surface area contributed by atoms with Gasteiger partial charge in [0.05, 0.1) is 43.2 Å². The number of likely N-dealkylation sites (tertiary alicyclic amines) is 1. The average Bonchev–Trinajstić information content (AvgIpc) is 3.85. The molecule has 1 spiro atoms. The van der Waals surface area contributed by atoms with Gasteiger partial charge in [-0.05, 0) is 61.1 Å². The van der Waals surface area contributed by atoms with Crippen LogP contribution in [-0.4, -0.2) is 90.4 Å². The molecule has 3 fully saturated rings. The van der Waals surface area contributed by atoms with E-state index in [2.05, 4.69) is 18.5 Å². The molecule has 3 heterocycles. The number of aliphatic hydroxyl groups excluding tert-OH is 1. The Morgan fingerprint density at radius 2 is 1.75 bits per heavy atom. The zero-order chi connectivity index (χ0) is 39.1. The monoisotopic (exact) mass is 769 g/mol. The fraction of sp³-hybridized carbons (Fsp3) is 0.395. The molecular formula is C43H48ClN3O8. The van der Waals surface area contributed by atoms with E-state index in [9.17, 15) is 14.7 Å². The highest BCUT2D eigenvalue weighted by molar-refractivity contribution is 6.30. The molecule has 0 aromatic heterocycles. The summed E-state index contributed by atoms with van der Waals surface area (Å²) in [7, 11) is 1.50. The number of halogens is 1. The average molecular weight is 770 g/mol. The maximum Gasteiger partial charge on any atom is 0.313 e. The molecule has 3 aromatic carbocycles. The van der Waals surface area contributed by atoms with Crippen molar-refractivity contribution in [3.8, 4) is 0 Å². The zero-order valence-corrected chi connectivity index (χ0v) is 31.7. The molecule has 0 saturated carbocycles. The third kappa shape index (κ3) is 8.11. The fourth-order valence-corrected chi connectivity index (χ4v) is 8.64. The lowest BCUT2D eigenvalue weighted by molar-refractivity contribution is -0.163. The van der Waals surface area contributed by atoms with Gasteiger partial charge >= 0.3 is 5.97 Å². The molecule has 6 rings (SSSR count). The molecule has 3 saturated heterocycles. The fourth-order valence-electron chi connectivity index (χ4n) is 8.51. The summed E-state index contributed by atoms with van der Waals surface area (Å²) in [5.41, 5.74) is 0.644. The van der Waals surface area contributed by atoms with Crippen LogP contribution in [0.15, 0.2) is 110 Å². The first-order valence-corrected chi connectivity index (χ1v) is 19.0. The van der Waals surface area contributed by atoms with Gasteiger partial charge in [0.25, 0.3) is 5.91 Å². The van der Waals surface area contributed by atoms with Crippen LogP contribution >= 0.6 is 11.6 Å². The summed E-state index contributed by atoms with van der Waals surface area (Å²) in [6.45, 7) is 7.30. The molecule has 3 amide bonds. The van der Waals surface area contributed by atoms with E-state index < -0.39 is 72.2 Å². The molecule has 0 radical (unpaired) electrons. The van der Waals surface area contributed by atoms with Crippen LogP contribution in [0.4, 0.5) is 5.69 Å². The summed E-state index contributed by atoms with van der Waals surface area (Å²) in [4.78, 5) is 60.7. The van der Waals surface area contributed by atoms with Gasteiger partial charge in [-0.1, -0.05) is 84.4 Å². The van der Waals surface area contributed by atoms with E-state index in [4.69, 9.17) is 25.8 Å². The number of amides is 3. The number of methoxy groups -OCH3 is 1. The van der Waals surface area contributed by atoms with Crippen LogP contribution in [0.5, 0.6) is 0 Å². The first-order valence-electron chi connectivity index (χ1n) is 18.6. The van der Waals surface area contributed by atoms with Crippen molar-refractivity contribution < 1.29 is 38.5 Å². The molecule has 8 atom stereocenters. The quantitative estimate of drug-likeness (QED) is 0.133. The standard InChI is InChI=1S/C43H48ClN3O8/c1-4-6-17-35(49)45-33(27-53-3)38(29-15-11-8-12-16-29)54-42(52)36-34-22-23-43(55-34)37(36)40(50)47(32(26-48)25-28-13-9-7-10-14-28)39(43)41(51)46(24-5-2)31-20-18-30(44)19-21-31/h4-5,7-16,18-21,32-34,36-39,48H,1-2,6,17,22-27H2,3H3,(H,45,49)/t32-,33-,34-,36+,37+,38-,39-,43+/m1/s1. The second-order valence-electron chi connectivity index (χ2n) is 14.3. The third-order valence-electron chi connectivity index (χ3n) is 10.9. The van der Waals surface area contributed by atoms with Crippen molar-refractivity contribution in [1.29, 1.82) is 0 Å². The number of benzene rings is 3. The highest BCUT2D eigenvalue weighted by Crippen LogP contribution is 2.59. The molecule has 0 aliphatic carbocycles. The number of anilines is 1. The number of hydrogen-bond donors (Lipinski definition) is 2. The SMILES string of the molecule is C=CCCC(=O)N[C@H](COC)[C@H](OC(=O)[C@@H]1[C@H]2C(=O)N([C@@H](CO)Cc3ccccc3)[C@H](C(=O)N(CC=C)c3ccc(Cl)cc3)[C@]23CC[C@H]1O3)c1ccccc1. The summed E-state index contributed by atoms with van der Waals surface area (Å²) < 4.78 is 18.6. The van der Waals surface area contributed by atoms with E-state index in [-0.39, 0.29) is 31.9 Å². The Morgan fingerprint density at radius 1 is 1.05 bits per heavy atom. The predicted molar refractivity (Wildman–Crippen MR) is 208 cm³/mol. The van der Waals surface area contributed by atoms with Crippen molar-refractivity contribution >= 4 is 41.0 Å². The van der Waals surface area contributed by atoms with E-state index in [1.165, 1.54) is 16.9 Å². The number of hydrogen-bond acceptors (Lipinski definition) is 8. The number of nitrogens with one attached hydrogen (secondary N) is 1. The number of rotatable bonds is 18. The van der Waals surface area contributed by atoms with E-state index >= 15 is 9.59 Å². The number of allylic oxidation sites excluding steroid dienone is 1. The van der Waals surface area contributed by atoms with Gasteiger partial charge in [0, 0.05) is 30.8 Å². The minimum Gasteiger partial charge on any atom is -0.455 e. The van der Waals surface area contributed by atoms with Crippen LogP contribution in [-0.2, 0) is 39.8 Å². The maximum absolute atomic E-state index is 15.1. The Labute approximate surface area is 326 Å². The van der Waals surface area contributed by atoms with Crippen molar-refractivity contribution in [1.82, 2.24) is 10.2 Å². The number of carbonyl (C=O) groups excluding carboxylic acids is 4. The van der Waals surface area contributed by atoms with Gasteiger partial charge in [0.15, 0.2) is 0 Å². The van der Waals surface area contributed by atoms with Gasteiger partial charge in [0.1, 0.15) is 17.7 Å². The molecule has 290 valence electrons. The first-order chi connectivity index (χ1) is 26.7. The van der Waals surface area contributed by atoms with Gasteiger partial charge in [-0.25, -0.2) is 0 Å². The maximum atomic E-state index is 15.1. The summed E-state index contributed by atoms with van der Waals surface area (Å²) >= 11 is 6.21. The minimum atomic E-state index is -1.38. The number of ether oxygens (including phenoxy) is 3. The van der Waals surface area contributed by atoms with E-state index in [1.54, 1.807) is 60.7 Å². The molecule has 3 aromatic rings. The molecule has 12 heteroatoms. The zero-order valence-electron chi connectivity index (χ0n) is 30.9. The lowest BCUT2D eigenvalue weighted by atomic mass is 9.70. The molecule has 0 unspecified atom stereocenters. The van der Waals surface area contributed by atoms with Crippen molar-refractivity contribution in [2.75, 3.05) is 31.8 Å². The Bertz CT molecular complexity index is 1840. The van der Waals surface area contributed by atoms with Crippen LogP contribution in [0, 0.1) is 11.8 Å². The van der Waals surface area contributed by atoms with Gasteiger partial charge in [-0.3, -0.25) is 19.2 Å². The Balaban J connectivity index is 1.39. The molecule has 3 aliphatic rings. The van der Waals surface area contributed by atoms with Crippen LogP contribution in [0.3, 0.4) is 0 Å². The number of fused-ring (bicyclic) bond motifs is 1. The van der Waals surface area contributed by atoms with Crippen LogP contribution in [0.1, 0.15) is 42.9 Å². The van der Waals surface area contributed by atoms with Crippen molar-refractivity contribution in [3.05, 3.63) is 126 Å². The summed E-state index contributed by atoms with van der Waals surface area (Å²) in [6, 6.07) is 22.5. The van der Waals surface area contributed by atoms with Crippen LogP contribution in [0.2, 0.25) is 5.02 Å². The van der Waals surface area contributed by atoms with Gasteiger partial charge < -0.3 is 34.4 Å². The van der Waals surface area contributed by atoms with Crippen molar-refractivity contribution in [3.63, 3.8) is 0 Å². The Morgan fingerprint density at radius 3 is 2.38 bits per heavy atom. The molecule has 55 heavy (non-hydrogen) atoms. The molecule has 3 aliphatic heterocycles. The van der Waals surface area contributed by atoms with Crippen LogP contribution < -0.4 is 10.2 Å². The largest absolute Gasteiger partial charge is 0.455 e. The second-order valence-corrected chi connectivity index (χ2v) is 14.7. The number of esters is 1. The summed E-state index contributed by atoms with van der Waals surface area (Å²) in [5.74, 6) is -3.97. The highest BCUT2D eigenvalue weighted by Gasteiger charge is 2.75. The van der Waals surface area contributed by atoms with E-state index in [0.29, 0.717) is 35.5 Å². The number of carbonyl (C=O) groups is 4.